The van der Waals surface area contributed by atoms with Crippen molar-refractivity contribution in [1.82, 2.24) is 0 Å². The van der Waals surface area contributed by atoms with Crippen LogP contribution < -0.4 is 42.4 Å². The Bertz CT molecular complexity index is 1960. The second kappa shape index (κ2) is 26.8. The standard InChI is InChI=1S/C48H40P2.2H2S6.Zn/c1-9-25-41(26-10-1)49(42-27-11-2-12-28-42,43-29-13-3-14-30-43,44-31-15-4-16-32-44)50(45-33-17-5-18-34-45,46-35-19-6-20-36-46,47-37-21-7-22-38-47)48-39-23-8-24-40-48;2*1-3-5-6-4-2;/h1-40H;2*1-2H;/p-4. The zero-order valence-electron chi connectivity index (χ0n) is 33.6. The van der Waals surface area contributed by atoms with E-state index in [0.717, 1.165) is 0 Å². The minimum absolute atomic E-state index is 0. The zero-order valence-corrected chi connectivity index (χ0v) is 48.1. The molecule has 0 heterocycles. The summed E-state index contributed by atoms with van der Waals surface area (Å²) in [5.41, 5.74) is 0. The average molecular weight is 1130 g/mol. The molecule has 320 valence electrons. The molecule has 0 saturated heterocycles. The third-order valence-electron chi connectivity index (χ3n) is 11.0. The summed E-state index contributed by atoms with van der Waals surface area (Å²) >= 11 is 18.1. The first-order chi connectivity index (χ1) is 30.6. The van der Waals surface area contributed by atoms with Gasteiger partial charge in [-0.15, -0.1) is 0 Å². The predicted octanol–water partition coefficient (Wildman–Crippen LogP) is 13.8. The summed E-state index contributed by atoms with van der Waals surface area (Å²) in [7, 11) is 11.3. The molecule has 0 aliphatic heterocycles. The van der Waals surface area contributed by atoms with Gasteiger partial charge in [0.05, 0.1) is 0 Å². The summed E-state index contributed by atoms with van der Waals surface area (Å²) < 4.78 is 0. The fraction of sp³-hybridized carbons (Fsp3) is 0. The van der Waals surface area contributed by atoms with E-state index in [1.807, 2.05) is 0 Å². The van der Waals surface area contributed by atoms with Gasteiger partial charge in [-0.05, 0) is 39.3 Å². The number of hydrogen-bond acceptors (Lipinski definition) is 12. The molecule has 0 aromatic heterocycles. The van der Waals surface area contributed by atoms with Crippen molar-refractivity contribution in [1.29, 1.82) is 0 Å². The van der Waals surface area contributed by atoms with Gasteiger partial charge in [0, 0.05) is 19.5 Å². The molecule has 0 fully saturated rings. The molecule has 0 aliphatic rings. The third-order valence-corrected chi connectivity index (χ3v) is 46.7. The number of hydrogen-bond donors (Lipinski definition) is 0. The topological polar surface area (TPSA) is 0 Å². The molecule has 0 atom stereocenters. The van der Waals surface area contributed by atoms with Crippen LogP contribution in [0.4, 0.5) is 0 Å². The normalized spacial score (nSPS) is 12.3. The fourth-order valence-corrected chi connectivity index (χ4v) is 48.0. The van der Waals surface area contributed by atoms with E-state index >= 15 is 0 Å². The summed E-state index contributed by atoms with van der Waals surface area (Å²) in [4.78, 5) is 0. The summed E-state index contributed by atoms with van der Waals surface area (Å²) in [6, 6.07) is 92.3. The second-order valence-corrected chi connectivity index (χ2v) is 40.7. The van der Waals surface area contributed by atoms with Gasteiger partial charge in [0.1, 0.15) is 0 Å². The fourth-order valence-electron chi connectivity index (χ4n) is 9.43. The Labute approximate surface area is 437 Å². The molecular formula is C48H40P2S12Zn-4. The van der Waals surface area contributed by atoms with Crippen molar-refractivity contribution in [3.8, 4) is 0 Å². The predicted molar refractivity (Wildman–Crippen MR) is 313 cm³/mol. The van der Waals surface area contributed by atoms with Crippen molar-refractivity contribution >= 4 is 180 Å². The van der Waals surface area contributed by atoms with Gasteiger partial charge in [0.2, 0.25) is 0 Å². The monoisotopic (exact) mass is 1130 g/mol. The molecule has 0 amide bonds. The van der Waals surface area contributed by atoms with E-state index in [0.29, 0.717) is 0 Å². The first kappa shape index (κ1) is 53.4. The van der Waals surface area contributed by atoms with Crippen molar-refractivity contribution in [3.05, 3.63) is 243 Å². The van der Waals surface area contributed by atoms with Crippen molar-refractivity contribution < 1.29 is 19.5 Å². The van der Waals surface area contributed by atoms with Crippen LogP contribution in [0.3, 0.4) is 0 Å². The van der Waals surface area contributed by atoms with Gasteiger partial charge in [-0.2, -0.15) is 0 Å². The Morgan fingerprint density at radius 1 is 0.206 bits per heavy atom. The molecule has 15 heteroatoms. The molecule has 8 rings (SSSR count). The molecule has 0 bridgehead atoms. The van der Waals surface area contributed by atoms with Crippen molar-refractivity contribution in [2.24, 2.45) is 0 Å². The van der Waals surface area contributed by atoms with Gasteiger partial charge in [0.25, 0.3) is 0 Å². The molecule has 8 aromatic rings. The molecule has 0 nitrogen and oxygen atoms in total. The van der Waals surface area contributed by atoms with E-state index in [9.17, 15) is 0 Å². The van der Waals surface area contributed by atoms with Crippen LogP contribution in [-0.2, 0) is 66.1 Å². The van der Waals surface area contributed by atoms with Crippen LogP contribution in [0.2, 0.25) is 0 Å². The second-order valence-electron chi connectivity index (χ2n) is 13.4. The summed E-state index contributed by atoms with van der Waals surface area (Å²) in [6.45, 7) is 0. The van der Waals surface area contributed by atoms with E-state index in [4.69, 9.17) is 0 Å². The van der Waals surface area contributed by atoms with Gasteiger partial charge < -0.3 is 46.6 Å². The molecule has 0 radical (unpaired) electrons. The Kier molecular flexibility index (Phi) is 22.8. The van der Waals surface area contributed by atoms with Crippen molar-refractivity contribution in [2.75, 3.05) is 0 Å². The van der Waals surface area contributed by atoms with E-state index in [1.54, 1.807) is 0 Å². The van der Waals surface area contributed by atoms with Crippen molar-refractivity contribution in [2.45, 2.75) is 0 Å². The molecule has 0 saturated carbocycles. The van der Waals surface area contributed by atoms with Gasteiger partial charge in [-0.1, -0.05) is 0 Å². The van der Waals surface area contributed by atoms with Crippen LogP contribution in [0, 0.1) is 0 Å². The Hall–Kier alpha value is -0.557. The van der Waals surface area contributed by atoms with Crippen LogP contribution in [0.1, 0.15) is 0 Å². The summed E-state index contributed by atoms with van der Waals surface area (Å²) in [6.07, 6.45) is -8.39. The van der Waals surface area contributed by atoms with E-state index in [1.165, 1.54) is 121 Å². The molecule has 0 aliphatic carbocycles. The maximum atomic E-state index is 4.52. The quantitative estimate of drug-likeness (QED) is 0.0316. The van der Waals surface area contributed by atoms with Crippen LogP contribution in [0.5, 0.6) is 0 Å². The van der Waals surface area contributed by atoms with Gasteiger partial charge >= 0.3 is 298 Å². The van der Waals surface area contributed by atoms with E-state index in [2.05, 4.69) is 289 Å². The Balaban J connectivity index is 0.000000509. The number of rotatable bonds is 15. The molecule has 8 aromatic carbocycles. The third kappa shape index (κ3) is 9.72. The Morgan fingerprint density at radius 2 is 0.317 bits per heavy atom. The van der Waals surface area contributed by atoms with Crippen LogP contribution in [-0.4, -0.2) is 0 Å². The molecule has 63 heavy (non-hydrogen) atoms. The maximum absolute atomic E-state index is 4.52. The van der Waals surface area contributed by atoms with E-state index < -0.39 is 12.6 Å². The Morgan fingerprint density at radius 3 is 0.413 bits per heavy atom. The SMILES string of the molecule is [S-]SSSS[S-].[S-]SSSS[S-].[Zn].c1ccc(P(c2ccccc2)(c2ccccc2)(c2ccccc2)P(c2ccccc2)(c2ccccc2)(c2ccccc2)c2ccccc2)cc1. The minimum atomic E-state index is -4.19. The van der Waals surface area contributed by atoms with Gasteiger partial charge in [-0.25, -0.2) is 0 Å². The first-order valence-electron chi connectivity index (χ1n) is 18.9. The number of benzene rings is 8. The first-order valence-corrected chi connectivity index (χ1v) is 37.5. The van der Waals surface area contributed by atoms with Gasteiger partial charge in [-0.3, -0.25) is 39.3 Å². The van der Waals surface area contributed by atoms with Crippen LogP contribution in [0.15, 0.2) is 243 Å². The molecule has 0 spiro atoms. The molecule has 0 N–H and O–H groups in total. The van der Waals surface area contributed by atoms with Crippen LogP contribution >= 0.6 is 91.2 Å². The van der Waals surface area contributed by atoms with E-state index in [-0.39, 0.29) is 19.5 Å². The summed E-state index contributed by atoms with van der Waals surface area (Å²) in [5.74, 6) is 0. The van der Waals surface area contributed by atoms with Crippen molar-refractivity contribution in [3.63, 3.8) is 0 Å². The van der Waals surface area contributed by atoms with Crippen LogP contribution in [0.25, 0.3) is 0 Å². The molecule has 0 unspecified atom stereocenters. The van der Waals surface area contributed by atoms with Gasteiger partial charge in [0.15, 0.2) is 0 Å². The molecular weight excluding hydrogens is 1090 g/mol. The summed E-state index contributed by atoms with van der Waals surface area (Å²) in [5, 5.41) is 10.7. The average Bonchev–Trinajstić information content (AvgIpc) is 3.37. The zero-order chi connectivity index (χ0) is 43.5.